The first-order chi connectivity index (χ1) is 4.71. The molecular weight excluding hydrogens is 728 g/mol. The summed E-state index contributed by atoms with van der Waals surface area (Å²) in [6, 6.07) is 0. The summed E-state index contributed by atoms with van der Waals surface area (Å²) in [4.78, 5) is 0. The van der Waals surface area contributed by atoms with E-state index in [4.69, 9.17) is 0 Å². The molecule has 0 saturated heterocycles. The van der Waals surface area contributed by atoms with E-state index in [9.17, 15) is 0 Å². The van der Waals surface area contributed by atoms with Gasteiger partial charge in [0.15, 0.2) is 0 Å². The van der Waals surface area contributed by atoms with Crippen LogP contribution in [0.3, 0.4) is 0 Å². The molecule has 0 aromatic heterocycles. The van der Waals surface area contributed by atoms with Gasteiger partial charge in [-0.25, -0.2) is 0 Å². The van der Waals surface area contributed by atoms with E-state index in [1.54, 1.807) is 0 Å². The zero-order valence-electron chi connectivity index (χ0n) is 5.39. The van der Waals surface area contributed by atoms with Crippen LogP contribution in [-0.2, 0) is 24.6 Å². The summed E-state index contributed by atoms with van der Waals surface area (Å²) >= 11 is 20.2. The van der Waals surface area contributed by atoms with Crippen molar-refractivity contribution in [3.63, 3.8) is 0 Å². The van der Waals surface area contributed by atoms with Crippen molar-refractivity contribution in [3.05, 3.63) is 0 Å². The monoisotopic (exact) mass is 728 g/mol. The normalized spacial score (nSPS) is 12.9. The van der Waals surface area contributed by atoms with Gasteiger partial charge in [0.05, 0.1) is 0 Å². The van der Waals surface area contributed by atoms with Crippen LogP contribution in [0, 0.1) is 0 Å². The van der Waals surface area contributed by atoms with Crippen molar-refractivity contribution >= 4 is 95.6 Å². The van der Waals surface area contributed by atoms with Gasteiger partial charge in [-0.3, -0.25) is 0 Å². The molecule has 0 fully saturated rings. The van der Waals surface area contributed by atoms with Gasteiger partial charge in [0, 0.05) is 0 Å². The van der Waals surface area contributed by atoms with Crippen LogP contribution in [0.2, 0.25) is 7.86 Å². The van der Waals surface area contributed by atoms with Crippen LogP contribution >= 0.6 is 95.6 Å². The summed E-state index contributed by atoms with van der Waals surface area (Å²) < 4.78 is 2.45. The topological polar surface area (TPSA) is 0 Å². The molecule has 0 radical (unpaired) electrons. The first-order valence-corrected chi connectivity index (χ1v) is 15.4. The van der Waals surface area contributed by atoms with Crippen LogP contribution in [0.1, 0.15) is 0 Å². The minimum atomic E-state index is -0.777. The molecule has 0 heterocycles. The first-order valence-electron chi connectivity index (χ1n) is 2.84. The van der Waals surface area contributed by atoms with Gasteiger partial charge in [0.1, 0.15) is 0 Å². The summed E-state index contributed by atoms with van der Waals surface area (Å²) in [6.07, 6.45) is 0. The van der Waals surface area contributed by atoms with Crippen LogP contribution in [0.4, 0.5) is 0 Å². The van der Waals surface area contributed by atoms with E-state index >= 15 is 0 Å². The molecule has 0 aliphatic rings. The van der Waals surface area contributed by atoms with Gasteiger partial charge in [-0.2, -0.15) is 0 Å². The Balaban J connectivity index is 3.44. The van der Waals surface area contributed by atoms with Crippen molar-refractivity contribution < 1.29 is 24.6 Å². The Morgan fingerprint density at radius 2 is 1.00 bits per heavy atom. The maximum atomic E-state index is 3.49. The Kier molecular flexibility index (Phi) is 8.63. The predicted molar refractivity (Wildman–Crippen MR) is 68.6 cm³/mol. The maximum absolute atomic E-state index is 3.49. The van der Waals surface area contributed by atoms with Crippen molar-refractivity contribution in [1.29, 1.82) is 0 Å². The van der Waals surface area contributed by atoms with E-state index in [2.05, 4.69) is 95.6 Å². The second kappa shape index (κ2) is 6.41. The second-order valence-corrected chi connectivity index (χ2v) is 23.2. The molecule has 0 aromatic carbocycles. The third kappa shape index (κ3) is 13.8. The van der Waals surface area contributed by atoms with Crippen LogP contribution in [-0.4, -0.2) is 4.29 Å². The molecule has 0 saturated carbocycles. The molecule has 7 heteroatoms. The molecule has 0 aliphatic carbocycles. The standard InChI is InChI=1S/2C2H2Br3.Hg/c2*1-2(3,4)5;/h2*1H2;. The number of hydrogen-bond donors (Lipinski definition) is 0. The van der Waals surface area contributed by atoms with Crippen LogP contribution in [0.5, 0.6) is 0 Å². The quantitative estimate of drug-likeness (QED) is 0.257. The first kappa shape index (κ1) is 14.8. The third-order valence-corrected chi connectivity index (χ3v) is 29.0. The van der Waals surface area contributed by atoms with E-state index in [0.29, 0.717) is 0 Å². The molecule has 0 N–H and O–H groups in total. The SMILES string of the molecule is BrC(Br)(Br)[CH2][Hg][CH2]C(Br)(Br)Br. The van der Waals surface area contributed by atoms with Crippen molar-refractivity contribution in [2.45, 2.75) is 12.1 Å². The van der Waals surface area contributed by atoms with E-state index < -0.39 is 24.6 Å². The van der Waals surface area contributed by atoms with Crippen molar-refractivity contribution in [3.8, 4) is 0 Å². The van der Waals surface area contributed by atoms with E-state index in [-0.39, 0.29) is 4.29 Å². The summed E-state index contributed by atoms with van der Waals surface area (Å²) in [5.41, 5.74) is 0. The summed E-state index contributed by atoms with van der Waals surface area (Å²) in [5.74, 6) is 0. The molecule has 0 unspecified atom stereocenters. The van der Waals surface area contributed by atoms with Gasteiger partial charge in [0.25, 0.3) is 0 Å². The summed E-state index contributed by atoms with van der Waals surface area (Å²) in [5, 5.41) is 0. The number of hydrogen-bond acceptors (Lipinski definition) is 0. The zero-order chi connectivity index (χ0) is 9.12. The van der Waals surface area contributed by atoms with Gasteiger partial charge in [0.2, 0.25) is 0 Å². The van der Waals surface area contributed by atoms with E-state index in [1.807, 2.05) is 0 Å². The molecule has 0 aliphatic heterocycles. The van der Waals surface area contributed by atoms with Gasteiger partial charge >= 0.3 is 132 Å². The third-order valence-electron chi connectivity index (χ3n) is 0.921. The molecule has 0 rings (SSSR count). The average molecular weight is 732 g/mol. The van der Waals surface area contributed by atoms with E-state index in [1.165, 1.54) is 7.86 Å². The molecule has 0 bridgehead atoms. The Bertz CT molecular complexity index is 98.7. The number of halogens is 6. The molecule has 11 heavy (non-hydrogen) atoms. The molecule has 0 spiro atoms. The van der Waals surface area contributed by atoms with Crippen molar-refractivity contribution in [1.82, 2.24) is 0 Å². The van der Waals surface area contributed by atoms with Crippen LogP contribution < -0.4 is 0 Å². The fraction of sp³-hybridized carbons (Fsp3) is 1.00. The Hall–Kier alpha value is 3.82. The summed E-state index contributed by atoms with van der Waals surface area (Å²) in [7, 11) is 0. The van der Waals surface area contributed by atoms with Crippen LogP contribution in [0.15, 0.2) is 0 Å². The van der Waals surface area contributed by atoms with Crippen molar-refractivity contribution in [2.24, 2.45) is 0 Å². The minimum absolute atomic E-state index is 0.00714. The molecule has 0 atom stereocenters. The number of rotatable bonds is 2. The van der Waals surface area contributed by atoms with Gasteiger partial charge in [-0.1, -0.05) is 0 Å². The Morgan fingerprint density at radius 3 is 1.18 bits per heavy atom. The molecule has 0 nitrogen and oxygen atoms in total. The zero-order valence-corrected chi connectivity index (χ0v) is 20.4. The van der Waals surface area contributed by atoms with Gasteiger partial charge < -0.3 is 0 Å². The molecule has 0 amide bonds. The average Bonchev–Trinajstić information content (AvgIpc) is 1.55. The Labute approximate surface area is 130 Å². The second-order valence-electron chi connectivity index (χ2n) is 2.08. The van der Waals surface area contributed by atoms with Crippen LogP contribution in [0.25, 0.3) is 0 Å². The van der Waals surface area contributed by atoms with Crippen molar-refractivity contribution in [2.75, 3.05) is 0 Å². The fourth-order valence-electron chi connectivity index (χ4n) is 0.489. The van der Waals surface area contributed by atoms with E-state index in [0.717, 1.165) is 0 Å². The Morgan fingerprint density at radius 1 is 0.727 bits per heavy atom. The van der Waals surface area contributed by atoms with Gasteiger partial charge in [-0.05, 0) is 0 Å². The number of alkyl halides is 6. The fourth-order valence-corrected chi connectivity index (χ4v) is 19.1. The molecule has 64 valence electrons. The summed E-state index contributed by atoms with van der Waals surface area (Å²) in [6.45, 7) is 0. The van der Waals surface area contributed by atoms with Gasteiger partial charge in [-0.15, -0.1) is 0 Å². The molecular formula is C4H4Br6Hg. The predicted octanol–water partition coefficient (Wildman–Crippen LogP) is 5.58. The molecule has 0 aromatic rings.